The molecule has 1 heterocycles. The molecule has 1 amide bonds. The molecule has 6 heteroatoms. The van der Waals surface area contributed by atoms with Crippen molar-refractivity contribution in [3.63, 3.8) is 0 Å². The first-order valence-electron chi connectivity index (χ1n) is 11.1. The fourth-order valence-corrected chi connectivity index (χ4v) is 3.84. The van der Waals surface area contributed by atoms with E-state index >= 15 is 0 Å². The van der Waals surface area contributed by atoms with E-state index in [1.54, 1.807) is 27.4 Å². The summed E-state index contributed by atoms with van der Waals surface area (Å²) in [6.07, 6.45) is 0.671. The maximum absolute atomic E-state index is 12.8. The van der Waals surface area contributed by atoms with E-state index in [0.717, 1.165) is 27.7 Å². The van der Waals surface area contributed by atoms with Crippen molar-refractivity contribution < 1.29 is 19.0 Å². The number of aromatic nitrogens is 1. The van der Waals surface area contributed by atoms with Crippen molar-refractivity contribution in [2.24, 2.45) is 0 Å². The Morgan fingerprint density at radius 1 is 0.824 bits per heavy atom. The van der Waals surface area contributed by atoms with Gasteiger partial charge in [0.2, 0.25) is 0 Å². The molecule has 0 saturated heterocycles. The molecule has 0 radical (unpaired) electrons. The zero-order valence-electron chi connectivity index (χ0n) is 19.8. The molecule has 4 rings (SSSR count). The van der Waals surface area contributed by atoms with Crippen LogP contribution in [0.1, 0.15) is 21.5 Å². The number of aryl methyl sites for hydroxylation is 1. The standard InChI is InChI=1S/C28H28N2O4/c1-18-5-8-20(9-6-18)24-17-26(33-3)22-16-21(10-11-23(22)30-24)28(31)29-14-13-19-7-12-25(32-2)27(15-19)34-4/h5-12,15-17H,13-14H2,1-4H3,(H,29,31). The number of benzene rings is 3. The van der Waals surface area contributed by atoms with Gasteiger partial charge < -0.3 is 19.5 Å². The van der Waals surface area contributed by atoms with Crippen molar-refractivity contribution in [3.05, 3.63) is 83.4 Å². The molecule has 1 N–H and O–H groups in total. The van der Waals surface area contributed by atoms with Crippen LogP contribution in [0.5, 0.6) is 17.2 Å². The number of hydrogen-bond acceptors (Lipinski definition) is 5. The molecule has 0 atom stereocenters. The van der Waals surface area contributed by atoms with E-state index in [4.69, 9.17) is 19.2 Å². The molecule has 0 aliphatic rings. The smallest absolute Gasteiger partial charge is 0.251 e. The van der Waals surface area contributed by atoms with Crippen LogP contribution in [-0.2, 0) is 6.42 Å². The number of nitrogens with zero attached hydrogens (tertiary/aromatic N) is 1. The van der Waals surface area contributed by atoms with Crippen molar-refractivity contribution >= 4 is 16.8 Å². The van der Waals surface area contributed by atoms with E-state index in [1.165, 1.54) is 5.56 Å². The summed E-state index contributed by atoms with van der Waals surface area (Å²) in [5, 5.41) is 3.78. The van der Waals surface area contributed by atoms with Gasteiger partial charge in [0.1, 0.15) is 5.75 Å². The Hall–Kier alpha value is -4.06. The van der Waals surface area contributed by atoms with Gasteiger partial charge in [-0.2, -0.15) is 0 Å². The summed E-state index contributed by atoms with van der Waals surface area (Å²) in [6.45, 7) is 2.55. The highest BCUT2D eigenvalue weighted by molar-refractivity contribution is 5.99. The molecule has 0 bridgehead atoms. The number of hydrogen-bond donors (Lipinski definition) is 1. The van der Waals surface area contributed by atoms with Crippen LogP contribution in [0.15, 0.2) is 66.7 Å². The van der Waals surface area contributed by atoms with Gasteiger partial charge in [0.25, 0.3) is 5.91 Å². The summed E-state index contributed by atoms with van der Waals surface area (Å²) in [5.41, 5.74) is 5.42. The average Bonchev–Trinajstić information content (AvgIpc) is 2.87. The fourth-order valence-electron chi connectivity index (χ4n) is 3.84. The highest BCUT2D eigenvalue weighted by Crippen LogP contribution is 2.31. The van der Waals surface area contributed by atoms with Gasteiger partial charge >= 0.3 is 0 Å². The number of amides is 1. The van der Waals surface area contributed by atoms with Crippen molar-refractivity contribution in [3.8, 4) is 28.5 Å². The quantitative estimate of drug-likeness (QED) is 0.394. The second kappa shape index (κ2) is 10.3. The zero-order valence-corrected chi connectivity index (χ0v) is 19.8. The van der Waals surface area contributed by atoms with Gasteiger partial charge in [-0.25, -0.2) is 4.98 Å². The highest BCUT2D eigenvalue weighted by atomic mass is 16.5. The van der Waals surface area contributed by atoms with Crippen LogP contribution in [0.4, 0.5) is 0 Å². The van der Waals surface area contributed by atoms with Crippen LogP contribution in [0.3, 0.4) is 0 Å². The van der Waals surface area contributed by atoms with E-state index in [2.05, 4.69) is 24.4 Å². The number of rotatable bonds is 8. The first-order valence-corrected chi connectivity index (χ1v) is 11.1. The normalized spacial score (nSPS) is 10.7. The van der Waals surface area contributed by atoms with Crippen LogP contribution in [0.2, 0.25) is 0 Å². The Morgan fingerprint density at radius 2 is 1.56 bits per heavy atom. The predicted molar refractivity (Wildman–Crippen MR) is 134 cm³/mol. The summed E-state index contributed by atoms with van der Waals surface area (Å²) in [4.78, 5) is 17.6. The van der Waals surface area contributed by atoms with Gasteiger partial charge in [-0.3, -0.25) is 4.79 Å². The minimum absolute atomic E-state index is 0.146. The number of methoxy groups -OCH3 is 3. The summed E-state index contributed by atoms with van der Waals surface area (Å²) in [7, 11) is 4.84. The largest absolute Gasteiger partial charge is 0.496 e. The Balaban J connectivity index is 1.50. The topological polar surface area (TPSA) is 69.7 Å². The average molecular weight is 457 g/mol. The first-order chi connectivity index (χ1) is 16.5. The van der Waals surface area contributed by atoms with Gasteiger partial charge in [-0.1, -0.05) is 35.9 Å². The van der Waals surface area contributed by atoms with E-state index in [9.17, 15) is 4.79 Å². The van der Waals surface area contributed by atoms with Crippen LogP contribution in [0.25, 0.3) is 22.2 Å². The van der Waals surface area contributed by atoms with E-state index in [0.29, 0.717) is 35.8 Å². The molecular weight excluding hydrogens is 428 g/mol. The second-order valence-corrected chi connectivity index (χ2v) is 8.00. The number of carbonyl (C=O) groups excluding carboxylic acids is 1. The van der Waals surface area contributed by atoms with Crippen LogP contribution >= 0.6 is 0 Å². The number of nitrogens with one attached hydrogen (secondary N) is 1. The molecule has 1 aromatic heterocycles. The first kappa shape index (κ1) is 23.1. The highest BCUT2D eigenvalue weighted by Gasteiger charge is 2.12. The molecular formula is C28H28N2O4. The van der Waals surface area contributed by atoms with Gasteiger partial charge in [-0.05, 0) is 49.2 Å². The lowest BCUT2D eigenvalue weighted by Crippen LogP contribution is -2.25. The molecule has 0 fully saturated rings. The van der Waals surface area contributed by atoms with E-state index in [1.807, 2.05) is 48.5 Å². The zero-order chi connectivity index (χ0) is 24.1. The molecule has 0 aliphatic carbocycles. The maximum atomic E-state index is 12.8. The van der Waals surface area contributed by atoms with Crippen molar-refractivity contribution in [1.82, 2.24) is 10.3 Å². The Labute approximate surface area is 199 Å². The van der Waals surface area contributed by atoms with Crippen molar-refractivity contribution in [2.45, 2.75) is 13.3 Å². The van der Waals surface area contributed by atoms with Crippen molar-refractivity contribution in [2.75, 3.05) is 27.9 Å². The SMILES string of the molecule is COc1ccc(CCNC(=O)c2ccc3nc(-c4ccc(C)cc4)cc(OC)c3c2)cc1OC. The molecule has 0 spiro atoms. The molecule has 4 aromatic rings. The number of carbonyl (C=O) groups is 1. The minimum atomic E-state index is -0.146. The third kappa shape index (κ3) is 4.96. The lowest BCUT2D eigenvalue weighted by molar-refractivity contribution is 0.0954. The second-order valence-electron chi connectivity index (χ2n) is 8.00. The number of ether oxygens (including phenoxy) is 3. The third-order valence-corrected chi connectivity index (χ3v) is 5.75. The van der Waals surface area contributed by atoms with E-state index < -0.39 is 0 Å². The Morgan fingerprint density at radius 3 is 2.26 bits per heavy atom. The predicted octanol–water partition coefficient (Wildman–Crippen LogP) is 5.21. The van der Waals surface area contributed by atoms with E-state index in [-0.39, 0.29) is 5.91 Å². The van der Waals surface area contributed by atoms with Crippen LogP contribution in [-0.4, -0.2) is 38.8 Å². The van der Waals surface area contributed by atoms with Gasteiger partial charge in [0, 0.05) is 29.1 Å². The molecule has 3 aromatic carbocycles. The maximum Gasteiger partial charge on any atom is 0.251 e. The molecule has 0 saturated carbocycles. The Bertz CT molecular complexity index is 1320. The summed E-state index contributed by atoms with van der Waals surface area (Å²) in [5.74, 6) is 1.89. The van der Waals surface area contributed by atoms with Gasteiger partial charge in [-0.15, -0.1) is 0 Å². The molecule has 34 heavy (non-hydrogen) atoms. The lowest BCUT2D eigenvalue weighted by atomic mass is 10.1. The van der Waals surface area contributed by atoms with Crippen molar-refractivity contribution in [1.29, 1.82) is 0 Å². The molecule has 0 aliphatic heterocycles. The van der Waals surface area contributed by atoms with Crippen LogP contribution < -0.4 is 19.5 Å². The molecule has 6 nitrogen and oxygen atoms in total. The monoisotopic (exact) mass is 456 g/mol. The lowest BCUT2D eigenvalue weighted by Gasteiger charge is -2.12. The Kier molecular flexibility index (Phi) is 6.97. The number of pyridine rings is 1. The molecule has 0 unspecified atom stereocenters. The van der Waals surface area contributed by atoms with Gasteiger partial charge in [0.15, 0.2) is 11.5 Å². The summed E-state index contributed by atoms with van der Waals surface area (Å²) >= 11 is 0. The van der Waals surface area contributed by atoms with Crippen LogP contribution in [0, 0.1) is 6.92 Å². The number of fused-ring (bicyclic) bond motifs is 1. The molecule has 174 valence electrons. The fraction of sp³-hybridized carbons (Fsp3) is 0.214. The van der Waals surface area contributed by atoms with Gasteiger partial charge in [0.05, 0.1) is 32.5 Å². The summed E-state index contributed by atoms with van der Waals surface area (Å²) < 4.78 is 16.3. The minimum Gasteiger partial charge on any atom is -0.496 e. The summed E-state index contributed by atoms with van der Waals surface area (Å²) in [6, 6.07) is 21.3. The third-order valence-electron chi connectivity index (χ3n) is 5.75.